The Kier molecular flexibility index (Phi) is 4.39. The summed E-state index contributed by atoms with van der Waals surface area (Å²) in [6, 6.07) is 9.67. The van der Waals surface area contributed by atoms with Gasteiger partial charge in [-0.1, -0.05) is 30.3 Å². The first-order valence-electron chi connectivity index (χ1n) is 6.28. The monoisotopic (exact) mass is 309 g/mol. The van der Waals surface area contributed by atoms with Crippen LogP contribution in [0.3, 0.4) is 0 Å². The lowest BCUT2D eigenvalue weighted by molar-refractivity contribution is 0.576. The number of nitrogens with two attached hydrogens (primary N) is 1. The summed E-state index contributed by atoms with van der Waals surface area (Å²) < 4.78 is 23.7. The van der Waals surface area contributed by atoms with Crippen LogP contribution in [0.25, 0.3) is 0 Å². The average molecular weight is 309 g/mol. The zero-order chi connectivity index (χ0) is 15.5. The van der Waals surface area contributed by atoms with E-state index in [0.29, 0.717) is 6.42 Å². The van der Waals surface area contributed by atoms with E-state index in [2.05, 4.69) is 0 Å². The van der Waals surface area contributed by atoms with Gasteiger partial charge in [0.1, 0.15) is 0 Å². The number of aryl methyl sites for hydroxylation is 2. The smallest absolute Gasteiger partial charge is 0.299 e. The van der Waals surface area contributed by atoms with E-state index < -0.39 is 26.2 Å². The molecule has 1 aromatic carbocycles. The van der Waals surface area contributed by atoms with E-state index in [9.17, 15) is 18.0 Å². The number of hydrogen-bond donors (Lipinski definition) is 2. The van der Waals surface area contributed by atoms with Crippen molar-refractivity contribution in [3.63, 3.8) is 0 Å². The van der Waals surface area contributed by atoms with Gasteiger partial charge in [-0.25, -0.2) is 18.4 Å². The minimum absolute atomic E-state index is 0.285. The Balaban J connectivity index is 2.17. The van der Waals surface area contributed by atoms with Crippen LogP contribution in [0.4, 0.5) is 0 Å². The van der Waals surface area contributed by atoms with Gasteiger partial charge in [0.15, 0.2) is 4.90 Å². The molecule has 0 unspecified atom stereocenters. The normalized spacial score (nSPS) is 11.5. The Morgan fingerprint density at radius 3 is 2.43 bits per heavy atom. The van der Waals surface area contributed by atoms with Gasteiger partial charge in [0.25, 0.3) is 5.56 Å². The Bertz CT molecular complexity index is 838. The van der Waals surface area contributed by atoms with Gasteiger partial charge in [0.2, 0.25) is 10.0 Å². The predicted molar refractivity (Wildman–Crippen MR) is 77.5 cm³/mol. The van der Waals surface area contributed by atoms with Gasteiger partial charge in [-0.05, 0) is 18.4 Å². The lowest BCUT2D eigenvalue weighted by Crippen LogP contribution is -2.34. The molecule has 7 nitrogen and oxygen atoms in total. The molecule has 0 spiro atoms. The van der Waals surface area contributed by atoms with E-state index in [1.54, 1.807) is 0 Å². The molecule has 0 saturated carbocycles. The molecule has 0 radical (unpaired) electrons. The third-order valence-corrected chi connectivity index (χ3v) is 3.90. The number of primary sulfonamides is 1. The molecule has 21 heavy (non-hydrogen) atoms. The third kappa shape index (κ3) is 3.89. The number of sulfonamides is 1. The first-order valence-corrected chi connectivity index (χ1v) is 7.83. The quantitative estimate of drug-likeness (QED) is 0.797. The molecule has 0 amide bonds. The van der Waals surface area contributed by atoms with Gasteiger partial charge >= 0.3 is 5.69 Å². The number of aromatic nitrogens is 2. The van der Waals surface area contributed by atoms with Crippen LogP contribution in [0.2, 0.25) is 0 Å². The van der Waals surface area contributed by atoms with E-state index in [1.807, 2.05) is 35.3 Å². The highest BCUT2D eigenvalue weighted by atomic mass is 32.2. The minimum atomic E-state index is -4.15. The summed E-state index contributed by atoms with van der Waals surface area (Å²) in [6.45, 7) is 0.285. The molecule has 2 rings (SSSR count). The number of H-pyrrole nitrogens is 1. The maximum atomic E-state index is 11.6. The van der Waals surface area contributed by atoms with Crippen molar-refractivity contribution < 1.29 is 8.42 Å². The summed E-state index contributed by atoms with van der Waals surface area (Å²) in [5, 5.41) is 4.93. The fourth-order valence-electron chi connectivity index (χ4n) is 1.96. The lowest BCUT2D eigenvalue weighted by atomic mass is 10.1. The standard InChI is InChI=1S/C13H15N3O4S/c14-21(19,20)11-9-16(13(18)15-12(11)17)8-4-7-10-5-2-1-3-6-10/h1-3,5-6,9H,4,7-8H2,(H2,14,19,20)(H,15,17,18). The maximum Gasteiger partial charge on any atom is 0.328 e. The third-order valence-electron chi connectivity index (χ3n) is 2.99. The van der Waals surface area contributed by atoms with Crippen molar-refractivity contribution in [2.45, 2.75) is 24.3 Å². The molecule has 0 bridgehead atoms. The van der Waals surface area contributed by atoms with E-state index in [1.165, 1.54) is 0 Å². The molecule has 1 heterocycles. The van der Waals surface area contributed by atoms with E-state index in [0.717, 1.165) is 22.7 Å². The molecule has 1 aromatic heterocycles. The molecule has 3 N–H and O–H groups in total. The van der Waals surface area contributed by atoms with Crippen molar-refractivity contribution in [3.8, 4) is 0 Å². The zero-order valence-corrected chi connectivity index (χ0v) is 12.0. The highest BCUT2D eigenvalue weighted by Gasteiger charge is 2.15. The molecular weight excluding hydrogens is 294 g/mol. The molecule has 0 aliphatic heterocycles. The van der Waals surface area contributed by atoms with Gasteiger partial charge in [0.05, 0.1) is 0 Å². The Labute approximate surface area is 121 Å². The highest BCUT2D eigenvalue weighted by Crippen LogP contribution is 2.03. The van der Waals surface area contributed by atoms with Crippen molar-refractivity contribution >= 4 is 10.0 Å². The summed E-state index contributed by atoms with van der Waals surface area (Å²) in [5.74, 6) is 0. The Morgan fingerprint density at radius 1 is 1.14 bits per heavy atom. The van der Waals surface area contributed by atoms with Gasteiger partial charge in [0, 0.05) is 12.7 Å². The summed E-state index contributed by atoms with van der Waals surface area (Å²) >= 11 is 0. The molecule has 0 saturated heterocycles. The molecule has 112 valence electrons. The van der Waals surface area contributed by atoms with Crippen molar-refractivity contribution in [1.82, 2.24) is 9.55 Å². The second-order valence-corrected chi connectivity index (χ2v) is 6.11. The SMILES string of the molecule is NS(=O)(=O)c1cn(CCCc2ccccc2)c(=O)[nH]c1=O. The highest BCUT2D eigenvalue weighted by molar-refractivity contribution is 7.89. The predicted octanol–water partition coefficient (Wildman–Crippen LogP) is -0.183. The lowest BCUT2D eigenvalue weighted by Gasteiger charge is -2.06. The number of benzene rings is 1. The number of nitrogens with one attached hydrogen (secondary N) is 1. The Morgan fingerprint density at radius 2 is 1.81 bits per heavy atom. The molecule has 0 aliphatic rings. The zero-order valence-electron chi connectivity index (χ0n) is 11.2. The van der Waals surface area contributed by atoms with Crippen LogP contribution in [-0.2, 0) is 23.0 Å². The van der Waals surface area contributed by atoms with Gasteiger partial charge in [-0.2, -0.15) is 0 Å². The van der Waals surface area contributed by atoms with Crippen molar-refractivity contribution in [2.75, 3.05) is 0 Å². The van der Waals surface area contributed by atoms with E-state index in [-0.39, 0.29) is 6.54 Å². The fraction of sp³-hybridized carbons (Fsp3) is 0.231. The fourth-order valence-corrected chi connectivity index (χ4v) is 2.54. The van der Waals surface area contributed by atoms with Crippen LogP contribution in [0.1, 0.15) is 12.0 Å². The summed E-state index contributed by atoms with van der Waals surface area (Å²) in [7, 11) is -4.15. The first-order chi connectivity index (χ1) is 9.88. The summed E-state index contributed by atoms with van der Waals surface area (Å²) in [4.78, 5) is 24.4. The van der Waals surface area contributed by atoms with Crippen molar-refractivity contribution in [2.24, 2.45) is 5.14 Å². The largest absolute Gasteiger partial charge is 0.328 e. The number of nitrogens with zero attached hydrogens (tertiary/aromatic N) is 1. The number of hydrogen-bond acceptors (Lipinski definition) is 4. The van der Waals surface area contributed by atoms with E-state index >= 15 is 0 Å². The maximum absolute atomic E-state index is 11.6. The second-order valence-electron chi connectivity index (χ2n) is 4.58. The molecule has 2 aromatic rings. The summed E-state index contributed by atoms with van der Waals surface area (Å²) in [5.41, 5.74) is -0.538. The van der Waals surface area contributed by atoms with Crippen LogP contribution >= 0.6 is 0 Å². The molecule has 0 atom stereocenters. The number of aromatic amines is 1. The van der Waals surface area contributed by atoms with Crippen LogP contribution in [-0.4, -0.2) is 18.0 Å². The van der Waals surface area contributed by atoms with Crippen LogP contribution in [0, 0.1) is 0 Å². The first kappa shape index (κ1) is 15.2. The minimum Gasteiger partial charge on any atom is -0.299 e. The molecule has 0 fully saturated rings. The average Bonchev–Trinajstić information content (AvgIpc) is 2.41. The topological polar surface area (TPSA) is 115 Å². The molecule has 8 heteroatoms. The molecule has 0 aliphatic carbocycles. The molecular formula is C13H15N3O4S. The van der Waals surface area contributed by atoms with Gasteiger partial charge in [-0.3, -0.25) is 14.3 Å². The van der Waals surface area contributed by atoms with E-state index in [4.69, 9.17) is 5.14 Å². The van der Waals surface area contributed by atoms with Crippen LogP contribution < -0.4 is 16.4 Å². The van der Waals surface area contributed by atoms with Crippen molar-refractivity contribution in [3.05, 3.63) is 62.9 Å². The van der Waals surface area contributed by atoms with Crippen molar-refractivity contribution in [1.29, 1.82) is 0 Å². The van der Waals surface area contributed by atoms with Gasteiger partial charge < -0.3 is 0 Å². The van der Waals surface area contributed by atoms with Gasteiger partial charge in [-0.15, -0.1) is 0 Å². The second kappa shape index (κ2) is 6.06. The number of rotatable bonds is 5. The van der Waals surface area contributed by atoms with Crippen LogP contribution in [0.15, 0.2) is 51.0 Å². The Hall–Kier alpha value is -2.19. The summed E-state index contributed by atoms with van der Waals surface area (Å²) in [6.07, 6.45) is 2.35. The van der Waals surface area contributed by atoms with Crippen LogP contribution in [0.5, 0.6) is 0 Å².